The summed E-state index contributed by atoms with van der Waals surface area (Å²) in [7, 11) is 2.97. The summed E-state index contributed by atoms with van der Waals surface area (Å²) in [4.78, 5) is 29.9. The Labute approximate surface area is 189 Å². The lowest BCUT2D eigenvalue weighted by Crippen LogP contribution is -2.10. The first-order valence-corrected chi connectivity index (χ1v) is 9.99. The molecule has 0 spiro atoms. The largest absolute Gasteiger partial charge is 0.497 e. The molecule has 0 saturated carbocycles. The van der Waals surface area contributed by atoms with E-state index in [-0.39, 0.29) is 28.7 Å². The molecule has 11 nitrogen and oxygen atoms in total. The van der Waals surface area contributed by atoms with Crippen LogP contribution < -0.4 is 25.2 Å². The fraction of sp³-hybridized carbons (Fsp3) is 0.227. The van der Waals surface area contributed by atoms with Crippen molar-refractivity contribution in [2.75, 3.05) is 26.3 Å². The zero-order valence-electron chi connectivity index (χ0n) is 18.3. The topological polar surface area (TPSA) is 141 Å². The van der Waals surface area contributed by atoms with Crippen LogP contribution in [0.5, 0.6) is 17.2 Å². The van der Waals surface area contributed by atoms with Crippen LogP contribution >= 0.6 is 0 Å². The number of nitro benzene ring substituents is 1. The van der Waals surface area contributed by atoms with Crippen molar-refractivity contribution in [2.24, 2.45) is 5.10 Å². The van der Waals surface area contributed by atoms with Gasteiger partial charge in [0.05, 0.1) is 37.7 Å². The van der Waals surface area contributed by atoms with Gasteiger partial charge in [-0.2, -0.15) is 5.10 Å². The number of hydrazone groups is 1. The smallest absolute Gasteiger partial charge is 0.315 e. The van der Waals surface area contributed by atoms with Crippen molar-refractivity contribution in [1.82, 2.24) is 9.97 Å². The number of rotatable bonds is 10. The molecule has 2 aromatic carbocycles. The predicted molar refractivity (Wildman–Crippen MR) is 123 cm³/mol. The minimum absolute atomic E-state index is 0.0626. The number of aromatic nitrogens is 2. The van der Waals surface area contributed by atoms with Crippen LogP contribution in [0.2, 0.25) is 0 Å². The number of nitrogens with one attached hydrogen (secondary N) is 2. The van der Waals surface area contributed by atoms with E-state index in [0.717, 1.165) is 5.56 Å². The highest BCUT2D eigenvalue weighted by Gasteiger charge is 2.22. The maximum atomic E-state index is 12.1. The quantitative estimate of drug-likeness (QED) is 0.269. The van der Waals surface area contributed by atoms with Gasteiger partial charge in [-0.1, -0.05) is 6.92 Å². The Kier molecular flexibility index (Phi) is 7.58. The standard InChI is InChI=1S/C22H23N5O6/c1-4-9-33-21-18(27(29)30)10-14(11-19(21)32-3)13-23-26-22-24-17(12-20(28)25-22)15-5-7-16(31-2)8-6-15/h5-8,10-13H,4,9H2,1-3H3,(H2,24,25,26,28)/b23-13-. The van der Waals surface area contributed by atoms with Gasteiger partial charge in [-0.25, -0.2) is 10.4 Å². The molecule has 0 aliphatic heterocycles. The molecule has 172 valence electrons. The van der Waals surface area contributed by atoms with Gasteiger partial charge < -0.3 is 14.2 Å². The third kappa shape index (κ3) is 5.85. The molecule has 0 fully saturated rings. The highest BCUT2D eigenvalue weighted by atomic mass is 16.6. The number of hydrogen-bond acceptors (Lipinski definition) is 9. The van der Waals surface area contributed by atoms with E-state index in [1.54, 1.807) is 37.4 Å². The molecule has 3 rings (SSSR count). The van der Waals surface area contributed by atoms with E-state index < -0.39 is 4.92 Å². The summed E-state index contributed by atoms with van der Waals surface area (Å²) in [5.41, 5.74) is 3.58. The van der Waals surface area contributed by atoms with E-state index in [1.165, 1.54) is 25.5 Å². The number of nitrogens with zero attached hydrogens (tertiary/aromatic N) is 3. The van der Waals surface area contributed by atoms with Crippen molar-refractivity contribution in [3.8, 4) is 28.5 Å². The summed E-state index contributed by atoms with van der Waals surface area (Å²) in [5, 5.41) is 15.5. The fourth-order valence-corrected chi connectivity index (χ4v) is 2.91. The Morgan fingerprint density at radius 2 is 1.94 bits per heavy atom. The first-order chi connectivity index (χ1) is 15.9. The maximum absolute atomic E-state index is 12.1. The molecule has 0 aliphatic carbocycles. The number of H-pyrrole nitrogens is 1. The first-order valence-electron chi connectivity index (χ1n) is 9.99. The molecule has 0 saturated heterocycles. The molecule has 0 amide bonds. The number of benzene rings is 2. The van der Waals surface area contributed by atoms with Crippen molar-refractivity contribution in [3.05, 3.63) is 68.5 Å². The van der Waals surface area contributed by atoms with Crippen molar-refractivity contribution in [3.63, 3.8) is 0 Å². The number of ether oxygens (including phenoxy) is 3. The normalized spacial score (nSPS) is 10.8. The highest BCUT2D eigenvalue weighted by Crippen LogP contribution is 2.38. The lowest BCUT2D eigenvalue weighted by atomic mass is 10.1. The second-order valence-corrected chi connectivity index (χ2v) is 6.75. The van der Waals surface area contributed by atoms with Gasteiger partial charge in [-0.05, 0) is 36.8 Å². The van der Waals surface area contributed by atoms with Crippen LogP contribution in [0, 0.1) is 10.1 Å². The summed E-state index contributed by atoms with van der Waals surface area (Å²) >= 11 is 0. The van der Waals surface area contributed by atoms with E-state index >= 15 is 0 Å². The fourth-order valence-electron chi connectivity index (χ4n) is 2.91. The number of anilines is 1. The second kappa shape index (κ2) is 10.8. The van der Waals surface area contributed by atoms with E-state index in [2.05, 4.69) is 20.5 Å². The van der Waals surface area contributed by atoms with Crippen LogP contribution in [-0.2, 0) is 0 Å². The SMILES string of the molecule is CCCOc1c(OC)cc(/C=N\Nc2nc(-c3ccc(OC)cc3)cc(=O)[nH]2)cc1[N+](=O)[O-]. The zero-order valence-corrected chi connectivity index (χ0v) is 18.3. The van der Waals surface area contributed by atoms with Crippen molar-refractivity contribution < 1.29 is 19.1 Å². The zero-order chi connectivity index (χ0) is 23.8. The number of aromatic amines is 1. The summed E-state index contributed by atoms with van der Waals surface area (Å²) in [5.74, 6) is 1.07. The maximum Gasteiger partial charge on any atom is 0.315 e. The molecule has 0 bridgehead atoms. The summed E-state index contributed by atoms with van der Waals surface area (Å²) in [6.45, 7) is 2.21. The van der Waals surface area contributed by atoms with Crippen molar-refractivity contribution in [2.45, 2.75) is 13.3 Å². The summed E-state index contributed by atoms with van der Waals surface area (Å²) in [6.07, 6.45) is 2.04. The molecular formula is C22H23N5O6. The Hall–Kier alpha value is -4.41. The molecule has 1 aromatic heterocycles. The van der Waals surface area contributed by atoms with Crippen LogP contribution in [0.1, 0.15) is 18.9 Å². The Morgan fingerprint density at radius 1 is 1.18 bits per heavy atom. The Morgan fingerprint density at radius 3 is 2.58 bits per heavy atom. The minimum Gasteiger partial charge on any atom is -0.497 e. The van der Waals surface area contributed by atoms with Gasteiger partial charge in [-0.15, -0.1) is 0 Å². The van der Waals surface area contributed by atoms with Gasteiger partial charge in [0.2, 0.25) is 11.7 Å². The van der Waals surface area contributed by atoms with Crippen LogP contribution in [0.4, 0.5) is 11.6 Å². The molecule has 0 unspecified atom stereocenters. The van der Waals surface area contributed by atoms with Crippen molar-refractivity contribution >= 4 is 17.9 Å². The molecule has 0 radical (unpaired) electrons. The van der Waals surface area contributed by atoms with E-state index in [9.17, 15) is 14.9 Å². The van der Waals surface area contributed by atoms with E-state index in [0.29, 0.717) is 30.0 Å². The first kappa shape index (κ1) is 23.3. The van der Waals surface area contributed by atoms with Gasteiger partial charge in [0, 0.05) is 23.3 Å². The molecule has 3 aromatic rings. The summed E-state index contributed by atoms with van der Waals surface area (Å²) < 4.78 is 15.9. The van der Waals surface area contributed by atoms with Crippen LogP contribution in [-0.4, -0.2) is 41.9 Å². The van der Waals surface area contributed by atoms with Gasteiger partial charge in [-0.3, -0.25) is 19.9 Å². The molecule has 1 heterocycles. The van der Waals surface area contributed by atoms with Gasteiger partial charge in [0.1, 0.15) is 5.75 Å². The van der Waals surface area contributed by atoms with Crippen LogP contribution in [0.3, 0.4) is 0 Å². The lowest BCUT2D eigenvalue weighted by Gasteiger charge is -2.11. The molecule has 33 heavy (non-hydrogen) atoms. The lowest BCUT2D eigenvalue weighted by molar-refractivity contribution is -0.386. The van der Waals surface area contributed by atoms with E-state index in [1.807, 2.05) is 6.92 Å². The van der Waals surface area contributed by atoms with Gasteiger partial charge in [0.25, 0.3) is 5.56 Å². The second-order valence-electron chi connectivity index (χ2n) is 6.75. The molecule has 0 atom stereocenters. The molecule has 0 aliphatic rings. The van der Waals surface area contributed by atoms with Crippen LogP contribution in [0.25, 0.3) is 11.3 Å². The van der Waals surface area contributed by atoms with Gasteiger partial charge in [0.15, 0.2) is 5.75 Å². The van der Waals surface area contributed by atoms with Crippen molar-refractivity contribution in [1.29, 1.82) is 0 Å². The third-order valence-corrected chi connectivity index (χ3v) is 4.44. The molecular weight excluding hydrogens is 430 g/mol. The predicted octanol–water partition coefficient (Wildman–Crippen LogP) is 3.60. The molecule has 2 N–H and O–H groups in total. The van der Waals surface area contributed by atoms with Crippen LogP contribution in [0.15, 0.2) is 52.4 Å². The summed E-state index contributed by atoms with van der Waals surface area (Å²) in [6, 6.07) is 11.3. The molecule has 11 heteroatoms. The Balaban J connectivity index is 1.84. The highest BCUT2D eigenvalue weighted by molar-refractivity contribution is 5.83. The van der Waals surface area contributed by atoms with Gasteiger partial charge >= 0.3 is 5.69 Å². The number of nitro groups is 1. The monoisotopic (exact) mass is 453 g/mol. The number of hydrogen-bond donors (Lipinski definition) is 2. The average Bonchev–Trinajstić information content (AvgIpc) is 2.82. The average molecular weight is 453 g/mol. The number of methoxy groups -OCH3 is 2. The third-order valence-electron chi connectivity index (χ3n) is 4.44. The van der Waals surface area contributed by atoms with E-state index in [4.69, 9.17) is 14.2 Å². The minimum atomic E-state index is -0.546. The Bertz CT molecular complexity index is 1210.